The quantitative estimate of drug-likeness (QED) is 0.778. The van der Waals surface area contributed by atoms with E-state index in [4.69, 9.17) is 10.2 Å². The molecule has 3 heteroatoms. The molecule has 0 fully saturated rings. The summed E-state index contributed by atoms with van der Waals surface area (Å²) in [5.74, 6) is 0.726. The lowest BCUT2D eigenvalue weighted by molar-refractivity contribution is 0.561. The SMILES string of the molecule is Cc1nc2cc(CCCCN)ccc2o1. The number of benzene rings is 1. The Hall–Kier alpha value is -1.35. The number of nitrogens with two attached hydrogens (primary N) is 1. The molecule has 1 aromatic carbocycles. The van der Waals surface area contributed by atoms with Gasteiger partial charge in [-0.3, -0.25) is 0 Å². The van der Waals surface area contributed by atoms with Gasteiger partial charge in [0, 0.05) is 6.92 Å². The molecule has 0 atom stereocenters. The molecule has 0 unspecified atom stereocenters. The Bertz CT molecular complexity index is 448. The van der Waals surface area contributed by atoms with Gasteiger partial charge in [-0.05, 0) is 43.5 Å². The van der Waals surface area contributed by atoms with Gasteiger partial charge in [-0.1, -0.05) is 6.07 Å². The highest BCUT2D eigenvalue weighted by Gasteiger charge is 2.02. The van der Waals surface area contributed by atoms with E-state index in [1.807, 2.05) is 13.0 Å². The second kappa shape index (κ2) is 4.45. The highest BCUT2D eigenvalue weighted by Crippen LogP contribution is 2.17. The van der Waals surface area contributed by atoms with E-state index in [1.165, 1.54) is 5.56 Å². The summed E-state index contributed by atoms with van der Waals surface area (Å²) in [5, 5.41) is 0. The maximum Gasteiger partial charge on any atom is 0.192 e. The molecule has 0 aliphatic rings. The number of fused-ring (bicyclic) bond motifs is 1. The van der Waals surface area contributed by atoms with Crippen LogP contribution < -0.4 is 5.73 Å². The zero-order valence-electron chi connectivity index (χ0n) is 8.99. The number of oxazole rings is 1. The number of unbranched alkanes of at least 4 members (excludes halogenated alkanes) is 1. The molecule has 3 nitrogen and oxygen atoms in total. The van der Waals surface area contributed by atoms with Gasteiger partial charge in [0.05, 0.1) is 0 Å². The normalized spacial score (nSPS) is 11.1. The van der Waals surface area contributed by atoms with Gasteiger partial charge in [-0.2, -0.15) is 0 Å². The van der Waals surface area contributed by atoms with Crippen LogP contribution >= 0.6 is 0 Å². The van der Waals surface area contributed by atoms with Crippen LogP contribution in [0, 0.1) is 6.92 Å². The lowest BCUT2D eigenvalue weighted by Crippen LogP contribution is -1.98. The summed E-state index contributed by atoms with van der Waals surface area (Å²) in [6, 6.07) is 6.19. The van der Waals surface area contributed by atoms with E-state index in [1.54, 1.807) is 0 Å². The second-order valence-corrected chi connectivity index (χ2v) is 3.78. The fourth-order valence-corrected chi connectivity index (χ4v) is 1.72. The standard InChI is InChI=1S/C12H16N2O/c1-9-14-11-8-10(4-2-3-7-13)5-6-12(11)15-9/h5-6,8H,2-4,7,13H2,1H3. The molecule has 0 spiro atoms. The minimum atomic E-state index is 0.726. The van der Waals surface area contributed by atoms with Gasteiger partial charge in [-0.15, -0.1) is 0 Å². The number of aromatic nitrogens is 1. The average molecular weight is 204 g/mol. The lowest BCUT2D eigenvalue weighted by atomic mass is 10.1. The molecule has 0 bridgehead atoms. The van der Waals surface area contributed by atoms with Crippen molar-refractivity contribution in [1.82, 2.24) is 4.98 Å². The van der Waals surface area contributed by atoms with Gasteiger partial charge in [-0.25, -0.2) is 4.98 Å². The first-order valence-corrected chi connectivity index (χ1v) is 5.36. The lowest BCUT2D eigenvalue weighted by Gasteiger charge is -1.99. The number of rotatable bonds is 4. The number of nitrogens with zero attached hydrogens (tertiary/aromatic N) is 1. The smallest absolute Gasteiger partial charge is 0.192 e. The van der Waals surface area contributed by atoms with Crippen molar-refractivity contribution in [3.63, 3.8) is 0 Å². The molecular weight excluding hydrogens is 188 g/mol. The molecule has 2 aromatic rings. The van der Waals surface area contributed by atoms with Crippen molar-refractivity contribution in [1.29, 1.82) is 0 Å². The maximum absolute atomic E-state index is 5.46. The van der Waals surface area contributed by atoms with Crippen molar-refractivity contribution >= 4 is 11.1 Å². The Kier molecular flexibility index (Phi) is 3.02. The molecule has 2 rings (SSSR count). The van der Waals surface area contributed by atoms with Crippen LogP contribution in [0.5, 0.6) is 0 Å². The summed E-state index contributed by atoms with van der Waals surface area (Å²) in [7, 11) is 0. The predicted molar refractivity (Wildman–Crippen MR) is 60.7 cm³/mol. The molecule has 0 aliphatic heterocycles. The zero-order valence-corrected chi connectivity index (χ0v) is 8.99. The Labute approximate surface area is 89.3 Å². The minimum Gasteiger partial charge on any atom is -0.441 e. The van der Waals surface area contributed by atoms with Crippen LogP contribution in [-0.4, -0.2) is 11.5 Å². The number of hydrogen-bond donors (Lipinski definition) is 1. The summed E-state index contributed by atoms with van der Waals surface area (Å²) in [6.07, 6.45) is 3.29. The predicted octanol–water partition coefficient (Wildman–Crippen LogP) is 2.42. The topological polar surface area (TPSA) is 52.0 Å². The molecule has 1 heterocycles. The van der Waals surface area contributed by atoms with Crippen molar-refractivity contribution in [2.24, 2.45) is 5.73 Å². The summed E-state index contributed by atoms with van der Waals surface area (Å²) < 4.78 is 5.42. The van der Waals surface area contributed by atoms with Crippen LogP contribution in [0.25, 0.3) is 11.1 Å². The minimum absolute atomic E-state index is 0.726. The molecule has 15 heavy (non-hydrogen) atoms. The molecule has 0 amide bonds. The van der Waals surface area contributed by atoms with E-state index >= 15 is 0 Å². The average Bonchev–Trinajstić information content (AvgIpc) is 2.57. The van der Waals surface area contributed by atoms with Crippen LogP contribution in [0.2, 0.25) is 0 Å². The third-order valence-electron chi connectivity index (χ3n) is 2.48. The van der Waals surface area contributed by atoms with Gasteiger partial charge in [0.2, 0.25) is 0 Å². The maximum atomic E-state index is 5.46. The van der Waals surface area contributed by atoms with Crippen molar-refractivity contribution in [3.05, 3.63) is 29.7 Å². The largest absolute Gasteiger partial charge is 0.441 e. The Morgan fingerprint density at radius 3 is 3.00 bits per heavy atom. The van der Waals surface area contributed by atoms with Crippen molar-refractivity contribution in [2.45, 2.75) is 26.2 Å². The Morgan fingerprint density at radius 2 is 2.20 bits per heavy atom. The molecule has 0 saturated heterocycles. The Morgan fingerprint density at radius 1 is 1.33 bits per heavy atom. The number of hydrogen-bond acceptors (Lipinski definition) is 3. The van der Waals surface area contributed by atoms with Crippen molar-refractivity contribution in [3.8, 4) is 0 Å². The van der Waals surface area contributed by atoms with Crippen LogP contribution in [0.1, 0.15) is 24.3 Å². The van der Waals surface area contributed by atoms with Gasteiger partial charge in [0.25, 0.3) is 0 Å². The third kappa shape index (κ3) is 2.36. The highest BCUT2D eigenvalue weighted by atomic mass is 16.3. The van der Waals surface area contributed by atoms with Gasteiger partial charge in [0.15, 0.2) is 11.5 Å². The van der Waals surface area contributed by atoms with Crippen molar-refractivity contribution < 1.29 is 4.42 Å². The van der Waals surface area contributed by atoms with Crippen LogP contribution in [0.3, 0.4) is 0 Å². The van der Waals surface area contributed by atoms with Gasteiger partial charge < -0.3 is 10.2 Å². The van der Waals surface area contributed by atoms with E-state index in [0.717, 1.165) is 42.8 Å². The fourth-order valence-electron chi connectivity index (χ4n) is 1.72. The summed E-state index contributed by atoms with van der Waals surface area (Å²) in [5.41, 5.74) is 8.60. The third-order valence-corrected chi connectivity index (χ3v) is 2.48. The second-order valence-electron chi connectivity index (χ2n) is 3.78. The number of aryl methyl sites for hydroxylation is 2. The van der Waals surface area contributed by atoms with E-state index in [2.05, 4.69) is 17.1 Å². The molecule has 1 aromatic heterocycles. The van der Waals surface area contributed by atoms with Crippen LogP contribution in [-0.2, 0) is 6.42 Å². The highest BCUT2D eigenvalue weighted by molar-refractivity contribution is 5.73. The van der Waals surface area contributed by atoms with E-state index < -0.39 is 0 Å². The fraction of sp³-hybridized carbons (Fsp3) is 0.417. The molecule has 2 N–H and O–H groups in total. The Balaban J connectivity index is 2.15. The first kappa shape index (κ1) is 10.2. The summed E-state index contributed by atoms with van der Waals surface area (Å²) in [6.45, 7) is 2.64. The van der Waals surface area contributed by atoms with Gasteiger partial charge in [0.1, 0.15) is 5.52 Å². The molecule has 0 saturated carbocycles. The molecule has 0 aliphatic carbocycles. The van der Waals surface area contributed by atoms with E-state index in [-0.39, 0.29) is 0 Å². The van der Waals surface area contributed by atoms with E-state index in [0.29, 0.717) is 0 Å². The molecular formula is C12H16N2O. The molecule has 0 radical (unpaired) electrons. The summed E-state index contributed by atoms with van der Waals surface area (Å²) in [4.78, 5) is 4.31. The first-order chi connectivity index (χ1) is 7.29. The summed E-state index contributed by atoms with van der Waals surface area (Å²) >= 11 is 0. The van der Waals surface area contributed by atoms with Crippen LogP contribution in [0.4, 0.5) is 0 Å². The van der Waals surface area contributed by atoms with Crippen LogP contribution in [0.15, 0.2) is 22.6 Å². The monoisotopic (exact) mass is 204 g/mol. The van der Waals surface area contributed by atoms with Crippen molar-refractivity contribution in [2.75, 3.05) is 6.54 Å². The van der Waals surface area contributed by atoms with Gasteiger partial charge >= 0.3 is 0 Å². The van der Waals surface area contributed by atoms with E-state index in [9.17, 15) is 0 Å². The first-order valence-electron chi connectivity index (χ1n) is 5.36. The zero-order chi connectivity index (χ0) is 10.7. The molecule has 80 valence electrons.